The summed E-state index contributed by atoms with van der Waals surface area (Å²) in [6.45, 7) is 2.40. The minimum Gasteiger partial charge on any atom is -0.465 e. The lowest BCUT2D eigenvalue weighted by Crippen LogP contribution is -2.42. The molecule has 1 saturated heterocycles. The molecule has 4 nitrogen and oxygen atoms in total. The van der Waals surface area contributed by atoms with Crippen LogP contribution in [0.5, 0.6) is 0 Å². The van der Waals surface area contributed by atoms with Crippen LogP contribution in [-0.2, 0) is 4.79 Å². The maximum Gasteiger partial charge on any atom is 0.409 e. The third-order valence-electron chi connectivity index (χ3n) is 1.96. The molecule has 0 aromatic heterocycles. The highest BCUT2D eigenvalue weighted by atomic mass is 32.2. The van der Waals surface area contributed by atoms with Crippen molar-refractivity contribution in [2.75, 3.05) is 12.3 Å². The molecule has 0 spiro atoms. The molecule has 1 amide bonds. The zero-order valence-corrected chi connectivity index (χ0v) is 8.86. The van der Waals surface area contributed by atoms with Crippen molar-refractivity contribution in [3.63, 3.8) is 0 Å². The maximum atomic E-state index is 10.8. The lowest BCUT2D eigenvalue weighted by atomic mass is 10.4. The van der Waals surface area contributed by atoms with E-state index in [-0.39, 0.29) is 0 Å². The van der Waals surface area contributed by atoms with Gasteiger partial charge in [0.2, 0.25) is 0 Å². The molecule has 1 rings (SSSR count). The third-order valence-corrected chi connectivity index (χ3v) is 4.93. The Morgan fingerprint density at radius 2 is 2.54 bits per heavy atom. The summed E-state index contributed by atoms with van der Waals surface area (Å²) in [5.74, 6) is 0.765. The van der Waals surface area contributed by atoms with Crippen LogP contribution < -0.4 is 0 Å². The fourth-order valence-electron chi connectivity index (χ4n) is 1.34. The molecule has 0 aromatic rings. The molecule has 0 aromatic carbocycles. The van der Waals surface area contributed by atoms with Crippen molar-refractivity contribution in [1.29, 1.82) is 0 Å². The molecule has 0 radical (unpaired) electrons. The average Bonchev–Trinajstić information content (AvgIpc) is 2.50. The number of hydrogen-bond donors (Lipinski definition) is 1. The first-order valence-electron chi connectivity index (χ1n) is 3.92. The molecule has 6 heteroatoms. The van der Waals surface area contributed by atoms with E-state index in [0.717, 1.165) is 23.1 Å². The van der Waals surface area contributed by atoms with Crippen LogP contribution in [0.15, 0.2) is 0 Å². The standard InChI is InChI=1S/C7H11NO3S2/c1-2-7(13-5-9)8(6(10)11)3-4-12-7/h5H,2-4H2,1H3,(H,10,11). The topological polar surface area (TPSA) is 57.6 Å². The number of carboxylic acid groups (broad SMARTS) is 1. The van der Waals surface area contributed by atoms with Crippen LogP contribution in [0.2, 0.25) is 0 Å². The van der Waals surface area contributed by atoms with Gasteiger partial charge in [-0.3, -0.25) is 9.69 Å². The molecule has 74 valence electrons. The Morgan fingerprint density at radius 1 is 1.85 bits per heavy atom. The predicted molar refractivity (Wildman–Crippen MR) is 54.6 cm³/mol. The second-order valence-corrected chi connectivity index (χ2v) is 5.30. The van der Waals surface area contributed by atoms with Gasteiger partial charge < -0.3 is 5.11 Å². The van der Waals surface area contributed by atoms with E-state index in [2.05, 4.69) is 0 Å². The van der Waals surface area contributed by atoms with E-state index in [4.69, 9.17) is 5.11 Å². The molecule has 1 unspecified atom stereocenters. The number of amides is 1. The van der Waals surface area contributed by atoms with Crippen molar-refractivity contribution in [2.24, 2.45) is 0 Å². The molecular weight excluding hydrogens is 210 g/mol. The Kier molecular flexibility index (Phi) is 3.49. The molecule has 0 aliphatic carbocycles. The van der Waals surface area contributed by atoms with Gasteiger partial charge in [0, 0.05) is 12.3 Å². The van der Waals surface area contributed by atoms with Gasteiger partial charge in [-0.25, -0.2) is 4.79 Å². The van der Waals surface area contributed by atoms with E-state index in [9.17, 15) is 9.59 Å². The normalized spacial score (nSPS) is 27.6. The quantitative estimate of drug-likeness (QED) is 0.735. The largest absolute Gasteiger partial charge is 0.465 e. The van der Waals surface area contributed by atoms with Crippen molar-refractivity contribution in [2.45, 2.75) is 17.5 Å². The molecule has 1 fully saturated rings. The zero-order chi connectivity index (χ0) is 9.90. The van der Waals surface area contributed by atoms with Crippen LogP contribution >= 0.6 is 23.5 Å². The van der Waals surface area contributed by atoms with E-state index in [1.54, 1.807) is 0 Å². The van der Waals surface area contributed by atoms with Crippen molar-refractivity contribution in [1.82, 2.24) is 4.90 Å². The first kappa shape index (κ1) is 10.7. The Morgan fingerprint density at radius 3 is 3.00 bits per heavy atom. The number of rotatable bonds is 3. The zero-order valence-electron chi connectivity index (χ0n) is 7.23. The summed E-state index contributed by atoms with van der Waals surface area (Å²) in [5, 5.41) is 8.89. The van der Waals surface area contributed by atoms with Gasteiger partial charge in [0.1, 0.15) is 4.20 Å². The van der Waals surface area contributed by atoms with E-state index >= 15 is 0 Å². The van der Waals surface area contributed by atoms with Crippen LogP contribution in [0.3, 0.4) is 0 Å². The molecule has 0 bridgehead atoms. The predicted octanol–water partition coefficient (Wildman–Crippen LogP) is 1.70. The third kappa shape index (κ3) is 1.94. The van der Waals surface area contributed by atoms with Gasteiger partial charge in [0.15, 0.2) is 5.62 Å². The molecule has 1 atom stereocenters. The fraction of sp³-hybridized carbons (Fsp3) is 0.714. The molecule has 1 aliphatic rings. The van der Waals surface area contributed by atoms with Gasteiger partial charge in [0.25, 0.3) is 0 Å². The first-order valence-corrected chi connectivity index (χ1v) is 5.79. The smallest absolute Gasteiger partial charge is 0.409 e. The highest BCUT2D eigenvalue weighted by Crippen LogP contribution is 2.46. The molecule has 1 heterocycles. The Labute approximate surface area is 85.0 Å². The van der Waals surface area contributed by atoms with Crippen LogP contribution in [0.1, 0.15) is 13.3 Å². The van der Waals surface area contributed by atoms with Gasteiger partial charge in [0.05, 0.1) is 0 Å². The van der Waals surface area contributed by atoms with Crippen molar-refractivity contribution >= 4 is 35.2 Å². The number of carbonyl (C=O) groups excluding carboxylic acids is 1. The van der Waals surface area contributed by atoms with Crippen molar-refractivity contribution in [3.05, 3.63) is 0 Å². The first-order chi connectivity index (χ1) is 6.16. The van der Waals surface area contributed by atoms with E-state index in [1.165, 1.54) is 16.7 Å². The number of hydrogen-bond acceptors (Lipinski definition) is 4. The van der Waals surface area contributed by atoms with Crippen molar-refractivity contribution < 1.29 is 14.7 Å². The van der Waals surface area contributed by atoms with Crippen molar-refractivity contribution in [3.8, 4) is 0 Å². The Hall–Kier alpha value is -0.360. The molecular formula is C7H11NO3S2. The SMILES string of the molecule is CCC1(SC=O)SCCN1C(=O)O. The highest BCUT2D eigenvalue weighted by Gasteiger charge is 2.43. The van der Waals surface area contributed by atoms with Gasteiger partial charge >= 0.3 is 6.09 Å². The summed E-state index contributed by atoms with van der Waals surface area (Å²) in [7, 11) is 0. The van der Waals surface area contributed by atoms with E-state index in [1.807, 2.05) is 6.92 Å². The summed E-state index contributed by atoms with van der Waals surface area (Å²) in [6.07, 6.45) is -0.297. The van der Waals surface area contributed by atoms with E-state index < -0.39 is 10.3 Å². The average molecular weight is 221 g/mol. The lowest BCUT2D eigenvalue weighted by molar-refractivity contribution is 0.141. The monoisotopic (exact) mass is 221 g/mol. The second-order valence-electron chi connectivity index (χ2n) is 2.56. The number of thioether (sulfide) groups is 2. The van der Waals surface area contributed by atoms with Gasteiger partial charge in [-0.2, -0.15) is 0 Å². The van der Waals surface area contributed by atoms with E-state index in [0.29, 0.717) is 13.0 Å². The summed E-state index contributed by atoms with van der Waals surface area (Å²) in [4.78, 5) is 22.6. The highest BCUT2D eigenvalue weighted by molar-refractivity contribution is 8.24. The summed E-state index contributed by atoms with van der Waals surface area (Å²) < 4.78 is -0.576. The maximum absolute atomic E-state index is 10.8. The minimum absolute atomic E-state index is 0.509. The van der Waals surface area contributed by atoms with Gasteiger partial charge in [-0.1, -0.05) is 18.7 Å². The molecule has 13 heavy (non-hydrogen) atoms. The number of nitrogens with zero attached hydrogens (tertiary/aromatic N) is 1. The number of carbonyl (C=O) groups is 2. The molecule has 1 aliphatic heterocycles. The summed E-state index contributed by atoms with van der Waals surface area (Å²) in [6, 6.07) is 0. The van der Waals surface area contributed by atoms with Crippen LogP contribution in [-0.4, -0.2) is 38.2 Å². The molecule has 1 N–H and O–H groups in total. The van der Waals surface area contributed by atoms with Gasteiger partial charge in [-0.05, 0) is 6.42 Å². The lowest BCUT2D eigenvalue weighted by Gasteiger charge is -2.31. The summed E-state index contributed by atoms with van der Waals surface area (Å²) in [5.41, 5.74) is 0.720. The molecule has 0 saturated carbocycles. The van der Waals surface area contributed by atoms with Crippen LogP contribution in [0, 0.1) is 0 Å². The van der Waals surface area contributed by atoms with Crippen LogP contribution in [0.4, 0.5) is 4.79 Å². The Balaban J connectivity index is 2.82. The minimum atomic E-state index is -0.943. The second kappa shape index (κ2) is 4.23. The summed E-state index contributed by atoms with van der Waals surface area (Å²) >= 11 is 2.58. The van der Waals surface area contributed by atoms with Gasteiger partial charge in [-0.15, -0.1) is 11.8 Å². The Bertz CT molecular complexity index is 224. The fourth-order valence-corrected chi connectivity index (χ4v) is 3.71. The van der Waals surface area contributed by atoms with Crippen LogP contribution in [0.25, 0.3) is 0 Å².